The molecule has 7 aliphatic rings. The van der Waals surface area contributed by atoms with E-state index in [1.54, 1.807) is 4.90 Å². The minimum absolute atomic E-state index is 0.137. The largest absolute Gasteiger partial charge is 0.457 e. The molecule has 6 amide bonds. The molecular weight excluding hydrogens is 887 g/mol. The molecule has 5 saturated heterocycles. The molecule has 11 rings (SSSR count). The number of nitrogens with zero attached hydrogens (tertiary/aromatic N) is 8. The average Bonchev–Trinajstić information content (AvgIpc) is 3.95. The van der Waals surface area contributed by atoms with Crippen LogP contribution in [-0.4, -0.2) is 155 Å². The molecule has 0 radical (unpaired) electrons. The monoisotopic (exact) mass is 952 g/mol. The molecule has 368 valence electrons. The number of para-hydroxylation sites is 1. The summed E-state index contributed by atoms with van der Waals surface area (Å²) >= 11 is 0. The molecule has 3 aromatic carbocycles. The number of aromatic nitrogens is 2. The Morgan fingerprint density at radius 1 is 0.743 bits per heavy atom. The van der Waals surface area contributed by atoms with E-state index < -0.39 is 11.9 Å². The van der Waals surface area contributed by atoms with Gasteiger partial charge in [0.25, 0.3) is 11.8 Å². The van der Waals surface area contributed by atoms with Gasteiger partial charge in [0, 0.05) is 101 Å². The third kappa shape index (κ3) is 9.32. The Balaban J connectivity index is 0.610. The van der Waals surface area contributed by atoms with Gasteiger partial charge in [-0.05, 0) is 136 Å². The van der Waals surface area contributed by atoms with Gasteiger partial charge in [0.15, 0.2) is 0 Å². The Bertz CT molecular complexity index is 2590. The zero-order valence-electron chi connectivity index (χ0n) is 40.0. The van der Waals surface area contributed by atoms with Gasteiger partial charge in [-0.25, -0.2) is 9.48 Å². The van der Waals surface area contributed by atoms with E-state index in [2.05, 4.69) is 41.2 Å². The first-order chi connectivity index (χ1) is 34.1. The number of nitrogens with two attached hydrogens (primary N) is 1. The number of nitrogens with one attached hydrogen (secondary N) is 2. The number of hydrogen-bond acceptors (Lipinski definition) is 11. The van der Waals surface area contributed by atoms with Crippen molar-refractivity contribution in [1.82, 2.24) is 39.6 Å². The molecule has 70 heavy (non-hydrogen) atoms. The molecule has 0 bridgehead atoms. The fourth-order valence-electron chi connectivity index (χ4n) is 12.4. The van der Waals surface area contributed by atoms with Crippen molar-refractivity contribution in [3.8, 4) is 22.8 Å². The number of urea groups is 1. The lowest BCUT2D eigenvalue weighted by Crippen LogP contribution is -2.56. The fourth-order valence-corrected chi connectivity index (χ4v) is 12.4. The van der Waals surface area contributed by atoms with Crippen LogP contribution in [0.15, 0.2) is 72.8 Å². The number of piperidine rings is 4. The van der Waals surface area contributed by atoms with Crippen LogP contribution in [0.25, 0.3) is 11.3 Å². The van der Waals surface area contributed by atoms with Gasteiger partial charge in [-0.2, -0.15) is 5.10 Å². The first kappa shape index (κ1) is 46.0. The minimum Gasteiger partial charge on any atom is -0.457 e. The molecule has 17 heteroatoms. The smallest absolute Gasteiger partial charge is 0.320 e. The second-order valence-electron chi connectivity index (χ2n) is 20.4. The molecule has 4 aromatic rings. The summed E-state index contributed by atoms with van der Waals surface area (Å²) in [5, 5.41) is 10.9. The number of carbonyl (C=O) groups is 5. The number of benzene rings is 3. The molecule has 7 aliphatic heterocycles. The number of hydrogen-bond donors (Lipinski definition) is 3. The number of piperazine rings is 1. The highest BCUT2D eigenvalue weighted by molar-refractivity contribution is 6.06. The third-order valence-electron chi connectivity index (χ3n) is 16.3. The van der Waals surface area contributed by atoms with E-state index in [4.69, 9.17) is 15.6 Å². The van der Waals surface area contributed by atoms with Gasteiger partial charge in [0.2, 0.25) is 11.8 Å². The Morgan fingerprint density at radius 2 is 1.46 bits per heavy atom. The SMILES string of the molecule is NC(=O)c1c(-c2ccc(Oc3ccccc3)cc2)nn2c1NCC[C@H]2C1CCN(C2CCN(C(=O)N3CCN(CC4CCN(c5ccc6c(c5)CN(C5CCC(=O)NC5=O)C6=O)CC4)CC3)CC2)CC1. The van der Waals surface area contributed by atoms with Gasteiger partial charge in [0.05, 0.1) is 6.04 Å². The van der Waals surface area contributed by atoms with Gasteiger partial charge in [0.1, 0.15) is 34.6 Å². The Labute approximate surface area is 409 Å². The molecular formula is C53H65N11O6. The van der Waals surface area contributed by atoms with Crippen LogP contribution >= 0.6 is 0 Å². The Kier molecular flexibility index (Phi) is 13.0. The van der Waals surface area contributed by atoms with Crippen molar-refractivity contribution >= 4 is 41.2 Å². The first-order valence-electron chi connectivity index (χ1n) is 25.7. The van der Waals surface area contributed by atoms with Crippen LogP contribution in [0.3, 0.4) is 0 Å². The van der Waals surface area contributed by atoms with E-state index in [1.807, 2.05) is 71.4 Å². The number of amides is 6. The molecule has 0 spiro atoms. The quantitative estimate of drug-likeness (QED) is 0.174. The van der Waals surface area contributed by atoms with Crippen LogP contribution in [0.4, 0.5) is 16.3 Å². The third-order valence-corrected chi connectivity index (χ3v) is 16.3. The highest BCUT2D eigenvalue weighted by Gasteiger charge is 2.41. The van der Waals surface area contributed by atoms with Crippen molar-refractivity contribution in [2.45, 2.75) is 82.5 Å². The highest BCUT2D eigenvalue weighted by atomic mass is 16.5. The number of imide groups is 1. The van der Waals surface area contributed by atoms with Gasteiger partial charge in [-0.1, -0.05) is 18.2 Å². The van der Waals surface area contributed by atoms with E-state index in [1.165, 1.54) is 0 Å². The van der Waals surface area contributed by atoms with Crippen LogP contribution in [0.5, 0.6) is 11.5 Å². The predicted octanol–water partition coefficient (Wildman–Crippen LogP) is 5.39. The van der Waals surface area contributed by atoms with E-state index in [9.17, 15) is 24.0 Å². The Morgan fingerprint density at radius 3 is 2.17 bits per heavy atom. The van der Waals surface area contributed by atoms with Crippen LogP contribution in [-0.2, 0) is 16.1 Å². The first-order valence-corrected chi connectivity index (χ1v) is 25.7. The average molecular weight is 952 g/mol. The second-order valence-corrected chi connectivity index (χ2v) is 20.4. The van der Waals surface area contributed by atoms with E-state index in [0.717, 1.165) is 152 Å². The summed E-state index contributed by atoms with van der Waals surface area (Å²) in [6.07, 6.45) is 7.85. The summed E-state index contributed by atoms with van der Waals surface area (Å²) in [5.74, 6) is 1.93. The minimum atomic E-state index is -0.604. The van der Waals surface area contributed by atoms with Crippen LogP contribution in [0.1, 0.15) is 90.1 Å². The maximum Gasteiger partial charge on any atom is 0.320 e. The fraction of sp³-hybridized carbons (Fsp3) is 0.509. The molecule has 1 aromatic heterocycles. The van der Waals surface area contributed by atoms with Gasteiger partial charge < -0.3 is 40.3 Å². The summed E-state index contributed by atoms with van der Waals surface area (Å²) < 4.78 is 8.05. The number of ether oxygens (including phenoxy) is 1. The summed E-state index contributed by atoms with van der Waals surface area (Å²) in [4.78, 5) is 77.5. The molecule has 2 atom stereocenters. The number of rotatable bonds is 10. The molecule has 0 saturated carbocycles. The molecule has 1 unspecified atom stereocenters. The van der Waals surface area contributed by atoms with Gasteiger partial charge >= 0.3 is 6.03 Å². The lowest BCUT2D eigenvalue weighted by molar-refractivity contribution is -0.136. The van der Waals surface area contributed by atoms with E-state index in [-0.39, 0.29) is 36.2 Å². The van der Waals surface area contributed by atoms with Crippen molar-refractivity contribution in [3.63, 3.8) is 0 Å². The lowest BCUT2D eigenvalue weighted by Gasteiger charge is -2.45. The maximum atomic E-state index is 13.8. The lowest BCUT2D eigenvalue weighted by atomic mass is 9.85. The number of carbonyl (C=O) groups excluding carboxylic acids is 5. The standard InChI is InChI=1S/C53H65N11O6/c54-49(66)47-48(37-6-9-42(10-7-37)70-41-4-2-1-3-5-41)57-64-44(14-21-55-50(47)64)36-17-24-59(25-18-36)39-19-26-61(27-20-39)53(69)62-30-28-58(29-31-62)33-35-15-22-60(23-16-35)40-8-11-43-38(32-40)34-63(52(43)68)45-12-13-46(65)56-51(45)67/h1-11,32,35-36,39,44-45,55H,12-31,33-34H2,(H2,54,66)(H,56,65,67)/t44-,45?/m0/s1. The van der Waals surface area contributed by atoms with E-state index >= 15 is 0 Å². The van der Waals surface area contributed by atoms with Crippen molar-refractivity contribution in [2.24, 2.45) is 17.6 Å². The van der Waals surface area contributed by atoms with Gasteiger partial charge in [-0.3, -0.25) is 29.4 Å². The summed E-state index contributed by atoms with van der Waals surface area (Å²) in [5.41, 5.74) is 10.6. The number of fused-ring (bicyclic) bond motifs is 2. The van der Waals surface area contributed by atoms with Crippen molar-refractivity contribution in [1.29, 1.82) is 0 Å². The number of anilines is 2. The summed E-state index contributed by atoms with van der Waals surface area (Å²) in [6, 6.07) is 23.6. The van der Waals surface area contributed by atoms with Gasteiger partial charge in [-0.15, -0.1) is 0 Å². The second kappa shape index (κ2) is 19.7. The molecule has 0 aliphatic carbocycles. The van der Waals surface area contributed by atoms with E-state index in [0.29, 0.717) is 53.4 Å². The molecule has 4 N–H and O–H groups in total. The van der Waals surface area contributed by atoms with Crippen LogP contribution < -0.4 is 26.0 Å². The normalized spacial score (nSPS) is 23.2. The topological polar surface area (TPSA) is 182 Å². The van der Waals surface area contributed by atoms with Crippen molar-refractivity contribution < 1.29 is 28.7 Å². The van der Waals surface area contributed by atoms with Crippen molar-refractivity contribution in [3.05, 3.63) is 89.5 Å². The molecule has 5 fully saturated rings. The Hall–Kier alpha value is -6.46. The molecule has 17 nitrogen and oxygen atoms in total. The highest BCUT2D eigenvalue weighted by Crippen LogP contribution is 2.41. The zero-order chi connectivity index (χ0) is 47.9. The van der Waals surface area contributed by atoms with Crippen LogP contribution in [0.2, 0.25) is 0 Å². The molecule has 8 heterocycles. The summed E-state index contributed by atoms with van der Waals surface area (Å²) in [6.45, 7) is 11.1. The summed E-state index contributed by atoms with van der Waals surface area (Å²) in [7, 11) is 0. The number of primary amides is 1. The number of likely N-dealkylation sites (tertiary alicyclic amines) is 2. The predicted molar refractivity (Wildman–Crippen MR) is 265 cm³/mol. The maximum absolute atomic E-state index is 13.8. The zero-order valence-corrected chi connectivity index (χ0v) is 40.0. The van der Waals surface area contributed by atoms with Crippen LogP contribution in [0, 0.1) is 11.8 Å². The van der Waals surface area contributed by atoms with Crippen molar-refractivity contribution in [2.75, 3.05) is 88.8 Å².